The van der Waals surface area contributed by atoms with Gasteiger partial charge in [-0.25, -0.2) is 4.79 Å². The number of nitrogens with one attached hydrogen (secondary N) is 7. The van der Waals surface area contributed by atoms with Gasteiger partial charge < -0.3 is 68.9 Å². The molecule has 0 radical (unpaired) electrons. The van der Waals surface area contributed by atoms with Gasteiger partial charge in [-0.15, -0.1) is 0 Å². The number of amides is 9. The van der Waals surface area contributed by atoms with Crippen molar-refractivity contribution < 1.29 is 68.1 Å². The number of aliphatic hydroxyl groups excluding tert-OH is 1. The SMILES string of the molecule is CC[C@H](C)[C@H](NC(=O)[C@@H](N)CCC(=O)O)C(=O)N[C@H](C(=O)NCC(=O)N[C@@H](C)C(=O)N1CCC[C@H]1C(=O)NCC(=O)N[C@@H](CC(N)=O)C(=O)N[C@H](C(=O)O)C(C)C)[C@@H](C)O. The lowest BCUT2D eigenvalue weighted by atomic mass is 9.97. The van der Waals surface area contributed by atoms with Gasteiger partial charge in [-0.05, 0) is 44.9 Å². The van der Waals surface area contributed by atoms with Gasteiger partial charge in [0.05, 0.1) is 31.7 Å². The molecule has 60 heavy (non-hydrogen) atoms. The van der Waals surface area contributed by atoms with E-state index in [1.807, 2.05) is 0 Å². The summed E-state index contributed by atoms with van der Waals surface area (Å²) in [6, 6.07) is -9.20. The highest BCUT2D eigenvalue weighted by molar-refractivity contribution is 5.97. The Balaban J connectivity index is 2.82. The molecule has 0 aromatic heterocycles. The predicted octanol–water partition coefficient (Wildman–Crippen LogP) is -5.11. The number of hydrogen-bond acceptors (Lipinski definition) is 13. The maximum atomic E-state index is 13.3. The minimum absolute atomic E-state index is 0.115. The molecule has 1 saturated heterocycles. The average Bonchev–Trinajstić information content (AvgIpc) is 3.66. The number of hydrogen-bond donors (Lipinski definition) is 12. The normalized spacial score (nSPS) is 17.6. The molecule has 24 nitrogen and oxygen atoms in total. The van der Waals surface area contributed by atoms with Crippen LogP contribution in [0.5, 0.6) is 0 Å². The number of rotatable bonds is 25. The summed E-state index contributed by atoms with van der Waals surface area (Å²) in [5.41, 5.74) is 11.0. The summed E-state index contributed by atoms with van der Waals surface area (Å²) in [6.07, 6.45) is -1.75. The molecule has 0 bridgehead atoms. The van der Waals surface area contributed by atoms with E-state index in [0.29, 0.717) is 12.8 Å². The third-order valence-electron chi connectivity index (χ3n) is 9.58. The van der Waals surface area contributed by atoms with E-state index >= 15 is 0 Å². The van der Waals surface area contributed by atoms with E-state index in [-0.39, 0.29) is 25.8 Å². The summed E-state index contributed by atoms with van der Waals surface area (Å²) in [7, 11) is 0. The van der Waals surface area contributed by atoms with Crippen LogP contribution in [0.1, 0.15) is 80.1 Å². The molecular weight excluding hydrogens is 796 g/mol. The van der Waals surface area contributed by atoms with Crippen molar-refractivity contribution in [2.24, 2.45) is 23.3 Å². The Morgan fingerprint density at radius 3 is 1.83 bits per heavy atom. The molecule has 9 atom stereocenters. The maximum absolute atomic E-state index is 13.3. The summed E-state index contributed by atoms with van der Waals surface area (Å²) in [6.45, 7) is 7.69. The summed E-state index contributed by atoms with van der Waals surface area (Å²) in [5, 5.41) is 44.8. The lowest BCUT2D eigenvalue weighted by Gasteiger charge is -2.28. The van der Waals surface area contributed by atoms with Crippen LogP contribution in [-0.2, 0) is 52.7 Å². The highest BCUT2D eigenvalue weighted by atomic mass is 16.4. The Hall–Kier alpha value is -5.91. The van der Waals surface area contributed by atoms with Crippen molar-refractivity contribution in [1.29, 1.82) is 0 Å². The highest BCUT2D eigenvalue weighted by Gasteiger charge is 2.38. The van der Waals surface area contributed by atoms with Crippen molar-refractivity contribution in [2.75, 3.05) is 19.6 Å². The second-order valence-electron chi connectivity index (χ2n) is 14.9. The van der Waals surface area contributed by atoms with Crippen LogP contribution in [0.25, 0.3) is 0 Å². The van der Waals surface area contributed by atoms with Crippen molar-refractivity contribution in [1.82, 2.24) is 42.1 Å². The van der Waals surface area contributed by atoms with Crippen LogP contribution in [0, 0.1) is 11.8 Å². The fraction of sp³-hybridized carbons (Fsp3) is 0.694. The summed E-state index contributed by atoms with van der Waals surface area (Å²) < 4.78 is 0. The van der Waals surface area contributed by atoms with Gasteiger partial charge in [-0.1, -0.05) is 34.1 Å². The number of aliphatic carboxylic acids is 2. The first kappa shape index (κ1) is 52.1. The van der Waals surface area contributed by atoms with E-state index in [0.717, 1.165) is 0 Å². The Morgan fingerprint density at radius 2 is 1.30 bits per heavy atom. The second-order valence-corrected chi connectivity index (χ2v) is 14.9. The maximum Gasteiger partial charge on any atom is 0.326 e. The molecule has 0 unspecified atom stereocenters. The van der Waals surface area contributed by atoms with Crippen molar-refractivity contribution in [3.8, 4) is 0 Å². The molecule has 9 amide bonds. The van der Waals surface area contributed by atoms with Crippen LogP contribution in [0.15, 0.2) is 0 Å². The van der Waals surface area contributed by atoms with Gasteiger partial charge in [0.15, 0.2) is 0 Å². The molecule has 0 aromatic carbocycles. The van der Waals surface area contributed by atoms with Gasteiger partial charge >= 0.3 is 11.9 Å². The molecule has 0 saturated carbocycles. The van der Waals surface area contributed by atoms with Crippen molar-refractivity contribution >= 4 is 65.1 Å². The molecule has 338 valence electrons. The monoisotopic (exact) mass is 856 g/mol. The zero-order valence-corrected chi connectivity index (χ0v) is 34.6. The Morgan fingerprint density at radius 1 is 0.733 bits per heavy atom. The summed E-state index contributed by atoms with van der Waals surface area (Å²) >= 11 is 0. The largest absolute Gasteiger partial charge is 0.481 e. The van der Waals surface area contributed by atoms with Crippen LogP contribution in [0.2, 0.25) is 0 Å². The molecular formula is C36H60N10O14. The Labute approximate surface area is 346 Å². The van der Waals surface area contributed by atoms with Gasteiger partial charge in [0, 0.05) is 13.0 Å². The fourth-order valence-electron chi connectivity index (χ4n) is 5.91. The van der Waals surface area contributed by atoms with E-state index in [1.165, 1.54) is 32.6 Å². The first-order chi connectivity index (χ1) is 27.9. The zero-order valence-electron chi connectivity index (χ0n) is 34.6. The topological polar surface area (TPSA) is 388 Å². The van der Waals surface area contributed by atoms with E-state index in [4.69, 9.17) is 16.6 Å². The predicted molar refractivity (Wildman–Crippen MR) is 208 cm³/mol. The number of carboxylic acid groups (broad SMARTS) is 2. The van der Waals surface area contributed by atoms with Crippen molar-refractivity contribution in [2.45, 2.75) is 128 Å². The number of primary amides is 1. The number of nitrogens with zero attached hydrogens (tertiary/aromatic N) is 1. The number of aliphatic hydroxyl groups is 1. The van der Waals surface area contributed by atoms with E-state index < -0.39 is 145 Å². The zero-order chi connectivity index (χ0) is 46.0. The van der Waals surface area contributed by atoms with Gasteiger partial charge in [-0.3, -0.25) is 47.9 Å². The van der Waals surface area contributed by atoms with Crippen molar-refractivity contribution in [3.05, 3.63) is 0 Å². The van der Waals surface area contributed by atoms with Crippen molar-refractivity contribution in [3.63, 3.8) is 0 Å². The van der Waals surface area contributed by atoms with Crippen LogP contribution < -0.4 is 48.7 Å². The van der Waals surface area contributed by atoms with E-state index in [9.17, 15) is 63.0 Å². The lowest BCUT2D eigenvalue weighted by molar-refractivity contribution is -0.143. The average molecular weight is 857 g/mol. The Bertz CT molecular complexity index is 1610. The molecule has 24 heteroatoms. The third kappa shape index (κ3) is 17.1. The van der Waals surface area contributed by atoms with E-state index in [1.54, 1.807) is 13.8 Å². The summed E-state index contributed by atoms with van der Waals surface area (Å²) in [4.78, 5) is 138. The second kappa shape index (κ2) is 24.9. The van der Waals surface area contributed by atoms with Gasteiger partial charge in [0.2, 0.25) is 53.2 Å². The fourth-order valence-corrected chi connectivity index (χ4v) is 5.91. The number of carbonyl (C=O) groups is 11. The molecule has 1 aliphatic rings. The van der Waals surface area contributed by atoms with Crippen LogP contribution in [-0.4, -0.2) is 153 Å². The Kier molecular flexibility index (Phi) is 21.6. The molecule has 0 spiro atoms. The first-order valence-corrected chi connectivity index (χ1v) is 19.4. The minimum atomic E-state index is -1.60. The lowest BCUT2D eigenvalue weighted by Crippen LogP contribution is -2.60. The molecule has 1 rings (SSSR count). The molecule has 1 fully saturated rings. The van der Waals surface area contributed by atoms with Crippen LogP contribution in [0.4, 0.5) is 0 Å². The van der Waals surface area contributed by atoms with Gasteiger partial charge in [-0.2, -0.15) is 0 Å². The first-order valence-electron chi connectivity index (χ1n) is 19.4. The molecule has 1 aliphatic heterocycles. The van der Waals surface area contributed by atoms with Crippen LogP contribution >= 0.6 is 0 Å². The smallest absolute Gasteiger partial charge is 0.326 e. The number of nitrogens with two attached hydrogens (primary N) is 2. The highest BCUT2D eigenvalue weighted by Crippen LogP contribution is 2.19. The molecule has 14 N–H and O–H groups in total. The quantitative estimate of drug-likeness (QED) is 0.0409. The minimum Gasteiger partial charge on any atom is -0.481 e. The number of likely N-dealkylation sites (tertiary alicyclic amines) is 1. The van der Waals surface area contributed by atoms with Gasteiger partial charge in [0.1, 0.15) is 36.3 Å². The molecule has 0 aromatic rings. The van der Waals surface area contributed by atoms with E-state index in [2.05, 4.69) is 37.2 Å². The summed E-state index contributed by atoms with van der Waals surface area (Å²) in [5.74, 6) is -11.3. The number of carboxylic acids is 2. The molecule has 0 aliphatic carbocycles. The standard InChI is InChI=1S/C36H60N10O14/c1-7-17(4)28(44-30(53)20(37)10-11-26(51)52)34(57)45-29(19(6)47)33(56)40-14-24(49)41-18(5)35(58)46-12-8-9-22(46)32(55)39-15-25(50)42-21(13-23(38)48)31(54)43-27(16(2)3)36(59)60/h16-22,27-29,47H,7-15,37H2,1-6H3,(H2,38,48)(H,39,55)(H,40,56)(H,41,49)(H,42,50)(H,43,54)(H,44,53)(H,45,57)(H,51,52)(H,59,60)/t17-,18-,19+,20-,21-,22-,27-,28-,29-/m0/s1. The third-order valence-corrected chi connectivity index (χ3v) is 9.58. The molecule has 1 heterocycles. The van der Waals surface area contributed by atoms with Crippen LogP contribution in [0.3, 0.4) is 0 Å². The van der Waals surface area contributed by atoms with Gasteiger partial charge in [0.25, 0.3) is 0 Å². The number of carbonyl (C=O) groups excluding carboxylic acids is 9.